The Morgan fingerprint density at radius 2 is 2.22 bits per heavy atom. The van der Waals surface area contributed by atoms with Gasteiger partial charge in [-0.2, -0.15) is 11.8 Å². The van der Waals surface area contributed by atoms with Crippen LogP contribution >= 0.6 is 11.8 Å². The van der Waals surface area contributed by atoms with Crippen LogP contribution in [0.25, 0.3) is 0 Å². The number of aryl methyl sites for hydroxylation is 1. The molecule has 1 aromatic rings. The largest absolute Gasteiger partial charge is 0.308 e. The highest BCUT2D eigenvalue weighted by molar-refractivity contribution is 7.98. The van der Waals surface area contributed by atoms with Gasteiger partial charge in [0.05, 0.1) is 10.6 Å². The second-order valence-corrected chi connectivity index (χ2v) is 5.27. The van der Waals surface area contributed by atoms with Crippen molar-refractivity contribution in [3.05, 3.63) is 33.1 Å². The zero-order chi connectivity index (χ0) is 13.7. The Labute approximate surface area is 112 Å². The lowest BCUT2D eigenvalue weighted by atomic mass is 10.1. The molecule has 0 aliphatic heterocycles. The minimum absolute atomic E-state index is 0.180. The molecule has 18 heavy (non-hydrogen) atoms. The van der Waals surface area contributed by atoms with Gasteiger partial charge in [-0.1, -0.05) is 0 Å². The molecule has 0 aromatic carbocycles. The highest BCUT2D eigenvalue weighted by atomic mass is 32.2. The molecule has 0 aliphatic rings. The van der Waals surface area contributed by atoms with E-state index < -0.39 is 0 Å². The smallest absolute Gasteiger partial charge is 0.278 e. The molecule has 1 aromatic heterocycles. The Balaban J connectivity index is 2.85. The molecule has 0 aliphatic carbocycles. The van der Waals surface area contributed by atoms with Crippen molar-refractivity contribution in [2.45, 2.75) is 33.4 Å². The second kappa shape index (κ2) is 6.70. The van der Waals surface area contributed by atoms with Gasteiger partial charge < -0.3 is 5.32 Å². The van der Waals surface area contributed by atoms with E-state index >= 15 is 0 Å². The van der Waals surface area contributed by atoms with Crippen molar-refractivity contribution in [1.82, 2.24) is 10.3 Å². The lowest BCUT2D eigenvalue weighted by molar-refractivity contribution is -0.386. The Kier molecular flexibility index (Phi) is 5.55. The topological polar surface area (TPSA) is 68.1 Å². The van der Waals surface area contributed by atoms with Crippen molar-refractivity contribution in [2.75, 3.05) is 12.0 Å². The fraction of sp³-hybridized carbons (Fsp3) is 0.583. The minimum atomic E-state index is -0.332. The van der Waals surface area contributed by atoms with E-state index in [2.05, 4.69) is 23.5 Å². The molecule has 0 saturated carbocycles. The average molecular weight is 269 g/mol. The fourth-order valence-electron chi connectivity index (χ4n) is 1.80. The monoisotopic (exact) mass is 269 g/mol. The van der Waals surface area contributed by atoms with Gasteiger partial charge >= 0.3 is 0 Å². The van der Waals surface area contributed by atoms with E-state index in [9.17, 15) is 10.1 Å². The average Bonchev–Trinajstić information content (AvgIpc) is 2.28. The van der Waals surface area contributed by atoms with Gasteiger partial charge in [0.1, 0.15) is 0 Å². The molecule has 0 radical (unpaired) electrons. The summed E-state index contributed by atoms with van der Waals surface area (Å²) in [6, 6.07) is 0.363. The van der Waals surface area contributed by atoms with E-state index in [4.69, 9.17) is 0 Å². The lowest BCUT2D eigenvalue weighted by Gasteiger charge is -2.13. The summed E-state index contributed by atoms with van der Waals surface area (Å²) in [5.74, 6) is 1.01. The first-order valence-electron chi connectivity index (χ1n) is 5.79. The van der Waals surface area contributed by atoms with Crippen LogP contribution < -0.4 is 5.32 Å². The summed E-state index contributed by atoms with van der Waals surface area (Å²) in [4.78, 5) is 14.9. The van der Waals surface area contributed by atoms with Crippen molar-refractivity contribution in [1.29, 1.82) is 0 Å². The number of nitrogens with zero attached hydrogens (tertiary/aromatic N) is 2. The maximum Gasteiger partial charge on any atom is 0.278 e. The van der Waals surface area contributed by atoms with Gasteiger partial charge in [-0.05, 0) is 27.0 Å². The van der Waals surface area contributed by atoms with Gasteiger partial charge in [0.25, 0.3) is 5.69 Å². The van der Waals surface area contributed by atoms with Gasteiger partial charge in [-0.25, -0.2) is 0 Å². The van der Waals surface area contributed by atoms with Gasteiger partial charge in [0, 0.05) is 35.7 Å². The van der Waals surface area contributed by atoms with Crippen LogP contribution in [0.4, 0.5) is 5.69 Å². The van der Waals surface area contributed by atoms with Crippen LogP contribution in [-0.4, -0.2) is 28.0 Å². The van der Waals surface area contributed by atoms with E-state index in [1.807, 2.05) is 0 Å². The Morgan fingerprint density at radius 3 is 2.78 bits per heavy atom. The number of rotatable bonds is 6. The normalized spacial score (nSPS) is 12.4. The molecule has 0 spiro atoms. The molecule has 1 N–H and O–H groups in total. The Hall–Kier alpha value is -1.14. The van der Waals surface area contributed by atoms with Gasteiger partial charge in [-0.15, -0.1) is 0 Å². The van der Waals surface area contributed by atoms with Gasteiger partial charge in [-0.3, -0.25) is 15.1 Å². The first-order valence-corrected chi connectivity index (χ1v) is 7.18. The second-order valence-electron chi connectivity index (χ2n) is 4.36. The molecule has 0 fully saturated rings. The van der Waals surface area contributed by atoms with E-state index in [1.165, 1.54) is 0 Å². The van der Waals surface area contributed by atoms with Crippen molar-refractivity contribution in [2.24, 2.45) is 0 Å². The zero-order valence-corrected chi connectivity index (χ0v) is 12.0. The lowest BCUT2D eigenvalue weighted by Crippen LogP contribution is -2.28. The number of thioether (sulfide) groups is 1. The summed E-state index contributed by atoms with van der Waals surface area (Å²) in [5.41, 5.74) is 2.20. The number of pyridine rings is 1. The maximum atomic E-state index is 11.0. The summed E-state index contributed by atoms with van der Waals surface area (Å²) in [6.45, 7) is 6.13. The van der Waals surface area contributed by atoms with Crippen LogP contribution in [0.5, 0.6) is 0 Å². The number of nitro groups is 1. The standard InChI is InChI=1S/C12H19N3O2S/c1-8-5-14-11(6-13-9(2)7-18-4)10(3)12(8)15(16)17/h5,9,13H,6-7H2,1-4H3. The molecule has 0 amide bonds. The maximum absolute atomic E-state index is 11.0. The molecule has 0 saturated heterocycles. The van der Waals surface area contributed by atoms with E-state index in [1.54, 1.807) is 31.8 Å². The predicted molar refractivity (Wildman–Crippen MR) is 75.0 cm³/mol. The van der Waals surface area contributed by atoms with E-state index in [0.29, 0.717) is 23.7 Å². The molecule has 5 nitrogen and oxygen atoms in total. The fourth-order valence-corrected chi connectivity index (χ4v) is 2.42. The summed E-state index contributed by atoms with van der Waals surface area (Å²) in [6.07, 6.45) is 3.62. The third kappa shape index (κ3) is 3.68. The van der Waals surface area contributed by atoms with Crippen molar-refractivity contribution in [3.63, 3.8) is 0 Å². The Bertz CT molecular complexity index is 438. The quantitative estimate of drug-likeness (QED) is 0.634. The highest BCUT2D eigenvalue weighted by Gasteiger charge is 2.18. The van der Waals surface area contributed by atoms with Crippen LogP contribution in [0.2, 0.25) is 0 Å². The number of nitrogens with one attached hydrogen (secondary N) is 1. The van der Waals surface area contributed by atoms with Gasteiger partial charge in [0.2, 0.25) is 0 Å². The summed E-state index contributed by atoms with van der Waals surface area (Å²) < 4.78 is 0. The molecule has 6 heteroatoms. The van der Waals surface area contributed by atoms with Gasteiger partial charge in [0.15, 0.2) is 0 Å². The van der Waals surface area contributed by atoms with Crippen molar-refractivity contribution in [3.8, 4) is 0 Å². The Morgan fingerprint density at radius 1 is 1.56 bits per heavy atom. The van der Waals surface area contributed by atoms with Crippen LogP contribution in [-0.2, 0) is 6.54 Å². The van der Waals surface area contributed by atoms with E-state index in [-0.39, 0.29) is 10.6 Å². The third-order valence-electron chi connectivity index (χ3n) is 2.79. The first-order chi connectivity index (χ1) is 8.47. The number of hydrogen-bond donors (Lipinski definition) is 1. The summed E-state index contributed by atoms with van der Waals surface area (Å²) >= 11 is 1.77. The molecule has 1 unspecified atom stereocenters. The molecule has 100 valence electrons. The molecular formula is C12H19N3O2S. The molecular weight excluding hydrogens is 250 g/mol. The van der Waals surface area contributed by atoms with Crippen molar-refractivity contribution >= 4 is 17.4 Å². The zero-order valence-electron chi connectivity index (χ0n) is 11.2. The van der Waals surface area contributed by atoms with Crippen LogP contribution in [0, 0.1) is 24.0 Å². The molecule has 1 atom stereocenters. The highest BCUT2D eigenvalue weighted by Crippen LogP contribution is 2.23. The van der Waals surface area contributed by atoms with Crippen LogP contribution in [0.1, 0.15) is 23.7 Å². The van der Waals surface area contributed by atoms with E-state index in [0.717, 1.165) is 11.4 Å². The molecule has 1 rings (SSSR count). The summed E-state index contributed by atoms with van der Waals surface area (Å²) in [5, 5.41) is 14.3. The van der Waals surface area contributed by atoms with Crippen LogP contribution in [0.15, 0.2) is 6.20 Å². The first kappa shape index (κ1) is 14.9. The number of hydrogen-bond acceptors (Lipinski definition) is 5. The predicted octanol–water partition coefficient (Wildman–Crippen LogP) is 2.45. The SMILES string of the molecule is CSCC(C)NCc1ncc(C)c([N+](=O)[O-])c1C. The third-order valence-corrected chi connectivity index (χ3v) is 3.63. The number of aromatic nitrogens is 1. The molecule has 1 heterocycles. The van der Waals surface area contributed by atoms with Crippen molar-refractivity contribution < 1.29 is 4.92 Å². The minimum Gasteiger partial charge on any atom is -0.308 e. The summed E-state index contributed by atoms with van der Waals surface area (Å²) in [7, 11) is 0. The molecule has 0 bridgehead atoms. The van der Waals surface area contributed by atoms with Crippen LogP contribution in [0.3, 0.4) is 0 Å².